The fourth-order valence-corrected chi connectivity index (χ4v) is 3.99. The molecule has 0 aliphatic heterocycles. The molecule has 0 bridgehead atoms. The first-order valence-corrected chi connectivity index (χ1v) is 7.10. The monoisotopic (exact) mass is 309 g/mol. The van der Waals surface area contributed by atoms with Crippen LogP contribution in [0.15, 0.2) is 31.9 Å². The number of hydrogen-bond donors (Lipinski definition) is 0. The Morgan fingerprint density at radius 2 is 2.13 bits per heavy atom. The van der Waals surface area contributed by atoms with Crippen molar-refractivity contribution in [2.24, 2.45) is 4.36 Å². The molecule has 0 N–H and O–H groups in total. The van der Waals surface area contributed by atoms with Gasteiger partial charge in [0.1, 0.15) is 0 Å². The first-order chi connectivity index (χ1) is 6.83. The number of hydrogen-bond acceptors (Lipinski definition) is 2. The van der Waals surface area contributed by atoms with E-state index in [2.05, 4.69) is 20.3 Å². The third-order valence-electron chi connectivity index (χ3n) is 1.60. The summed E-state index contributed by atoms with van der Waals surface area (Å²) in [5.74, 6) is -0.454. The lowest BCUT2D eigenvalue weighted by Crippen LogP contribution is -2.01. The van der Waals surface area contributed by atoms with Crippen molar-refractivity contribution in [3.05, 3.63) is 27.7 Å². The lowest BCUT2D eigenvalue weighted by Gasteiger charge is -2.06. The third-order valence-corrected chi connectivity index (χ3v) is 4.54. The average molecular weight is 311 g/mol. The summed E-state index contributed by atoms with van der Waals surface area (Å²) in [6.45, 7) is 1.27. The zero-order valence-corrected chi connectivity index (χ0v) is 11.3. The van der Waals surface area contributed by atoms with E-state index in [4.69, 9.17) is 11.6 Å². The number of carbonyl (C=O) groups excluding carboxylic acids is 1. The highest BCUT2D eigenvalue weighted by molar-refractivity contribution is 9.10. The van der Waals surface area contributed by atoms with E-state index in [0.29, 0.717) is 14.4 Å². The van der Waals surface area contributed by atoms with Gasteiger partial charge in [-0.1, -0.05) is 11.6 Å². The van der Waals surface area contributed by atoms with Crippen molar-refractivity contribution in [3.8, 4) is 0 Å². The number of amides is 1. The largest absolute Gasteiger partial charge is 0.272 e. The van der Waals surface area contributed by atoms with Crippen molar-refractivity contribution < 1.29 is 9.00 Å². The highest BCUT2D eigenvalue weighted by atomic mass is 79.9. The minimum Gasteiger partial charge on any atom is -0.272 e. The van der Waals surface area contributed by atoms with Crippen LogP contribution < -0.4 is 0 Å². The van der Waals surface area contributed by atoms with Gasteiger partial charge in [0.05, 0.1) is 14.6 Å². The van der Waals surface area contributed by atoms with Crippen molar-refractivity contribution in [2.45, 2.75) is 11.8 Å². The topological polar surface area (TPSA) is 46.5 Å². The number of rotatable bonds is 1. The molecule has 3 nitrogen and oxygen atoms in total. The van der Waals surface area contributed by atoms with Crippen LogP contribution in [0.2, 0.25) is 5.02 Å². The molecule has 0 heterocycles. The molecule has 1 aromatic carbocycles. The van der Waals surface area contributed by atoms with Gasteiger partial charge in [-0.3, -0.25) is 4.79 Å². The summed E-state index contributed by atoms with van der Waals surface area (Å²) in [6.07, 6.45) is 1.42. The molecule has 6 heteroatoms. The summed E-state index contributed by atoms with van der Waals surface area (Å²) < 4.78 is 16.2. The fraction of sp³-hybridized carbons (Fsp3) is 0.222. The van der Waals surface area contributed by atoms with Crippen LogP contribution in [0.4, 0.5) is 0 Å². The molecule has 1 aromatic rings. The normalized spacial score (nSPS) is 14.4. The summed E-state index contributed by atoms with van der Waals surface area (Å²) in [5, 5.41) is 0.531. The van der Waals surface area contributed by atoms with Gasteiger partial charge in [-0.05, 0) is 34.1 Å². The van der Waals surface area contributed by atoms with Gasteiger partial charge >= 0.3 is 0 Å². The summed E-state index contributed by atoms with van der Waals surface area (Å²) in [4.78, 5) is 11.3. The number of benzene rings is 1. The molecule has 1 rings (SSSR count). The van der Waals surface area contributed by atoms with Crippen molar-refractivity contribution in [1.82, 2.24) is 0 Å². The van der Waals surface area contributed by atoms with Crippen LogP contribution in [0.25, 0.3) is 0 Å². The van der Waals surface area contributed by atoms with Gasteiger partial charge in [0.15, 0.2) is 0 Å². The molecule has 0 radical (unpaired) electrons. The highest BCUT2D eigenvalue weighted by Crippen LogP contribution is 2.26. The lowest BCUT2D eigenvalue weighted by atomic mass is 10.4. The molecule has 0 aromatic heterocycles. The highest BCUT2D eigenvalue weighted by Gasteiger charge is 2.11. The smallest absolute Gasteiger partial charge is 0.250 e. The zero-order valence-electron chi connectivity index (χ0n) is 8.16. The van der Waals surface area contributed by atoms with Crippen molar-refractivity contribution in [2.75, 3.05) is 6.26 Å². The van der Waals surface area contributed by atoms with Crippen molar-refractivity contribution >= 4 is 43.2 Å². The summed E-state index contributed by atoms with van der Waals surface area (Å²) in [5.41, 5.74) is 0. The Morgan fingerprint density at radius 1 is 1.53 bits per heavy atom. The van der Waals surface area contributed by atoms with Crippen LogP contribution in [0.5, 0.6) is 0 Å². The van der Waals surface area contributed by atoms with Gasteiger partial charge < -0.3 is 0 Å². The van der Waals surface area contributed by atoms with Crippen LogP contribution in [-0.2, 0) is 14.5 Å². The van der Waals surface area contributed by atoms with Crippen molar-refractivity contribution in [1.29, 1.82) is 0 Å². The van der Waals surface area contributed by atoms with Gasteiger partial charge in [-0.25, -0.2) is 4.21 Å². The number of halogens is 2. The van der Waals surface area contributed by atoms with Gasteiger partial charge in [-0.2, -0.15) is 4.36 Å². The van der Waals surface area contributed by atoms with E-state index in [1.807, 2.05) is 0 Å². The number of carbonyl (C=O) groups is 1. The minimum absolute atomic E-state index is 0.454. The summed E-state index contributed by atoms with van der Waals surface area (Å²) in [6, 6.07) is 4.83. The Labute approximate surface area is 102 Å². The molecule has 0 spiro atoms. The summed E-state index contributed by atoms with van der Waals surface area (Å²) >= 11 is 8.99. The molecule has 0 aliphatic rings. The Kier molecular flexibility index (Phi) is 3.92. The third kappa shape index (κ3) is 3.29. The Morgan fingerprint density at radius 3 is 2.60 bits per heavy atom. The predicted octanol–water partition coefficient (Wildman–Crippen LogP) is 3.11. The molecule has 0 fully saturated rings. The molecule has 1 atom stereocenters. The van der Waals surface area contributed by atoms with Gasteiger partial charge in [0, 0.05) is 22.7 Å². The second-order valence-corrected chi connectivity index (χ2v) is 6.51. The first-order valence-electron chi connectivity index (χ1n) is 4.01. The molecule has 1 unspecified atom stereocenters. The standard InChI is InChI=1S/C9H9BrClNO2S/c1-6(13)12-15(2,14)9-4-3-7(11)5-8(9)10/h3-5H,1-2H3. The quantitative estimate of drug-likeness (QED) is 0.800. The molecule has 1 amide bonds. The minimum atomic E-state index is -2.69. The van der Waals surface area contributed by atoms with E-state index < -0.39 is 15.6 Å². The van der Waals surface area contributed by atoms with E-state index in [0.717, 1.165) is 0 Å². The number of nitrogens with zero attached hydrogens (tertiary/aromatic N) is 1. The second kappa shape index (κ2) is 4.63. The van der Waals surface area contributed by atoms with E-state index in [-0.39, 0.29) is 0 Å². The first kappa shape index (κ1) is 12.7. The van der Waals surface area contributed by atoms with Crippen molar-refractivity contribution in [3.63, 3.8) is 0 Å². The second-order valence-electron chi connectivity index (χ2n) is 2.99. The lowest BCUT2D eigenvalue weighted by molar-refractivity contribution is -0.115. The van der Waals surface area contributed by atoms with Crippen LogP contribution >= 0.6 is 27.5 Å². The molecule has 0 saturated carbocycles. The maximum Gasteiger partial charge on any atom is 0.250 e. The molecular formula is C9H9BrClNO2S. The Balaban J connectivity index is 3.41. The maximum absolute atomic E-state index is 12.1. The Hall–Kier alpha value is -0.390. The van der Waals surface area contributed by atoms with E-state index in [1.54, 1.807) is 18.2 Å². The molecule has 82 valence electrons. The fourth-order valence-electron chi connectivity index (χ4n) is 1.08. The van der Waals surface area contributed by atoms with E-state index in [9.17, 15) is 9.00 Å². The van der Waals surface area contributed by atoms with Gasteiger partial charge in [-0.15, -0.1) is 0 Å². The summed E-state index contributed by atoms with van der Waals surface area (Å²) in [7, 11) is -2.69. The SMILES string of the molecule is CC(=O)N=S(C)(=O)c1ccc(Cl)cc1Br. The Bertz CT molecular complexity index is 521. The molecule has 0 saturated heterocycles. The van der Waals surface area contributed by atoms with Gasteiger partial charge in [0.2, 0.25) is 0 Å². The van der Waals surface area contributed by atoms with Crippen LogP contribution in [0.3, 0.4) is 0 Å². The molecule has 15 heavy (non-hydrogen) atoms. The molecular weight excluding hydrogens is 302 g/mol. The van der Waals surface area contributed by atoms with Gasteiger partial charge in [0.25, 0.3) is 5.91 Å². The average Bonchev–Trinajstić information content (AvgIpc) is 1.99. The van der Waals surface area contributed by atoms with Crippen LogP contribution in [0.1, 0.15) is 6.92 Å². The molecule has 0 aliphatic carbocycles. The predicted molar refractivity (Wildman–Crippen MR) is 64.6 cm³/mol. The van der Waals surface area contributed by atoms with E-state index >= 15 is 0 Å². The zero-order chi connectivity index (χ0) is 11.6. The van der Waals surface area contributed by atoms with E-state index in [1.165, 1.54) is 13.2 Å². The van der Waals surface area contributed by atoms with Crippen LogP contribution in [0, 0.1) is 0 Å². The van der Waals surface area contributed by atoms with Crippen LogP contribution in [-0.4, -0.2) is 16.4 Å². The maximum atomic E-state index is 12.1.